The summed E-state index contributed by atoms with van der Waals surface area (Å²) in [5, 5.41) is 10.8. The van der Waals surface area contributed by atoms with Gasteiger partial charge in [-0.05, 0) is 19.9 Å². The van der Waals surface area contributed by atoms with Gasteiger partial charge in [0.25, 0.3) is 0 Å². The maximum absolute atomic E-state index is 8.73. The summed E-state index contributed by atoms with van der Waals surface area (Å²) in [6.07, 6.45) is 3.64. The van der Waals surface area contributed by atoms with Gasteiger partial charge in [0.2, 0.25) is 0 Å². The van der Waals surface area contributed by atoms with Crippen LogP contribution in [0.2, 0.25) is 0 Å². The van der Waals surface area contributed by atoms with Gasteiger partial charge in [0.05, 0.1) is 18.0 Å². The van der Waals surface area contributed by atoms with Crippen LogP contribution < -0.4 is 0 Å². The van der Waals surface area contributed by atoms with Crippen molar-refractivity contribution in [3.05, 3.63) is 28.5 Å². The van der Waals surface area contributed by atoms with E-state index in [9.17, 15) is 0 Å². The van der Waals surface area contributed by atoms with E-state index in [1.165, 1.54) is 5.69 Å². The van der Waals surface area contributed by atoms with Crippen LogP contribution in [0.1, 0.15) is 17.1 Å². The molecular weight excluding hydrogens is 196 g/mol. The van der Waals surface area contributed by atoms with Crippen molar-refractivity contribution in [2.75, 3.05) is 6.61 Å². The molecule has 0 saturated carbocycles. The Kier molecular flexibility index (Phi) is 2.39. The molecule has 0 aliphatic carbocycles. The van der Waals surface area contributed by atoms with Crippen molar-refractivity contribution >= 4 is 22.4 Å². The molecule has 3 nitrogen and oxygen atoms in total. The van der Waals surface area contributed by atoms with Gasteiger partial charge in [0, 0.05) is 11.1 Å². The third kappa shape index (κ3) is 1.36. The van der Waals surface area contributed by atoms with Gasteiger partial charge in [-0.1, -0.05) is 6.08 Å². The van der Waals surface area contributed by atoms with E-state index in [0.717, 1.165) is 16.3 Å². The van der Waals surface area contributed by atoms with Crippen LogP contribution in [0.15, 0.2) is 11.5 Å². The number of rotatable bonds is 2. The van der Waals surface area contributed by atoms with Crippen molar-refractivity contribution in [3.8, 4) is 0 Å². The van der Waals surface area contributed by atoms with Crippen molar-refractivity contribution in [3.63, 3.8) is 0 Å². The quantitative estimate of drug-likeness (QED) is 0.819. The zero-order valence-corrected chi connectivity index (χ0v) is 9.01. The lowest BCUT2D eigenvalue weighted by Crippen LogP contribution is -1.88. The van der Waals surface area contributed by atoms with Gasteiger partial charge in [0.15, 0.2) is 4.96 Å². The molecular formula is C10H12N2OS. The maximum atomic E-state index is 8.73. The van der Waals surface area contributed by atoms with Gasteiger partial charge in [0.1, 0.15) is 0 Å². The highest BCUT2D eigenvalue weighted by Gasteiger charge is 2.08. The number of thiazole rings is 1. The molecule has 0 aliphatic heterocycles. The van der Waals surface area contributed by atoms with Gasteiger partial charge >= 0.3 is 0 Å². The summed E-state index contributed by atoms with van der Waals surface area (Å²) in [6, 6.07) is 0. The SMILES string of the molecule is Cc1nc2scc(C)n2c1/C=C/CO. The smallest absolute Gasteiger partial charge is 0.194 e. The monoisotopic (exact) mass is 208 g/mol. The van der Waals surface area contributed by atoms with Crippen molar-refractivity contribution in [2.45, 2.75) is 13.8 Å². The Bertz CT molecular complexity index is 481. The molecule has 0 saturated heterocycles. The molecule has 0 amide bonds. The minimum Gasteiger partial charge on any atom is -0.392 e. The summed E-state index contributed by atoms with van der Waals surface area (Å²) in [5.41, 5.74) is 3.25. The maximum Gasteiger partial charge on any atom is 0.194 e. The average Bonchev–Trinajstić information content (AvgIpc) is 2.64. The molecule has 0 aromatic carbocycles. The zero-order valence-electron chi connectivity index (χ0n) is 8.19. The lowest BCUT2D eigenvalue weighted by atomic mass is 10.3. The molecule has 2 aromatic rings. The molecule has 0 fully saturated rings. The molecule has 1 N–H and O–H groups in total. The Morgan fingerprint density at radius 3 is 3.07 bits per heavy atom. The van der Waals surface area contributed by atoms with Crippen LogP contribution in [-0.4, -0.2) is 21.1 Å². The molecule has 4 heteroatoms. The number of nitrogens with zero attached hydrogens (tertiary/aromatic N) is 2. The van der Waals surface area contributed by atoms with Gasteiger partial charge in [-0.15, -0.1) is 11.3 Å². The van der Waals surface area contributed by atoms with Crippen molar-refractivity contribution < 1.29 is 5.11 Å². The summed E-state index contributed by atoms with van der Waals surface area (Å²) in [6.45, 7) is 4.10. The number of aliphatic hydroxyl groups is 1. The molecule has 2 rings (SSSR count). The van der Waals surface area contributed by atoms with Crippen LogP contribution >= 0.6 is 11.3 Å². The first-order chi connectivity index (χ1) is 6.74. The third-order valence-electron chi connectivity index (χ3n) is 2.13. The first-order valence-electron chi connectivity index (χ1n) is 4.44. The van der Waals surface area contributed by atoms with Crippen LogP contribution in [0, 0.1) is 13.8 Å². The molecule has 0 atom stereocenters. The van der Waals surface area contributed by atoms with Crippen molar-refractivity contribution in [2.24, 2.45) is 0 Å². The topological polar surface area (TPSA) is 37.5 Å². The summed E-state index contributed by atoms with van der Waals surface area (Å²) in [4.78, 5) is 5.45. The van der Waals surface area contributed by atoms with Gasteiger partial charge in [-0.2, -0.15) is 0 Å². The molecule has 0 aliphatic rings. The number of hydrogen-bond acceptors (Lipinski definition) is 3. The first kappa shape index (κ1) is 9.43. The summed E-state index contributed by atoms with van der Waals surface area (Å²) >= 11 is 1.64. The fraction of sp³-hybridized carbons (Fsp3) is 0.300. The van der Waals surface area contributed by atoms with Gasteiger partial charge in [-0.3, -0.25) is 4.40 Å². The number of aryl methyl sites for hydroxylation is 2. The Balaban J connectivity index is 2.65. The largest absolute Gasteiger partial charge is 0.392 e. The van der Waals surface area contributed by atoms with E-state index in [2.05, 4.69) is 21.7 Å². The number of aliphatic hydroxyl groups excluding tert-OH is 1. The fourth-order valence-corrected chi connectivity index (χ4v) is 2.40. The molecule has 0 spiro atoms. The number of aromatic nitrogens is 2. The zero-order chi connectivity index (χ0) is 10.1. The standard InChI is InChI=1S/C10H12N2OS/c1-7-6-14-10-11-8(2)9(12(7)10)4-3-5-13/h3-4,6,13H,5H2,1-2H3/b4-3+. The molecule has 0 bridgehead atoms. The predicted octanol–water partition coefficient (Wildman–Crippen LogP) is 2.02. The first-order valence-corrected chi connectivity index (χ1v) is 5.32. The highest BCUT2D eigenvalue weighted by molar-refractivity contribution is 7.15. The number of hydrogen-bond donors (Lipinski definition) is 1. The average molecular weight is 208 g/mol. The number of imidazole rings is 1. The lowest BCUT2D eigenvalue weighted by Gasteiger charge is -1.95. The van der Waals surface area contributed by atoms with E-state index < -0.39 is 0 Å². The van der Waals surface area contributed by atoms with E-state index in [0.29, 0.717) is 0 Å². The normalized spacial score (nSPS) is 11.9. The predicted molar refractivity (Wildman–Crippen MR) is 58.7 cm³/mol. The van der Waals surface area contributed by atoms with Gasteiger partial charge in [-0.25, -0.2) is 4.98 Å². The van der Waals surface area contributed by atoms with E-state index in [1.54, 1.807) is 17.4 Å². The van der Waals surface area contributed by atoms with Crippen LogP contribution in [0.4, 0.5) is 0 Å². The molecule has 74 valence electrons. The van der Waals surface area contributed by atoms with Crippen LogP contribution in [-0.2, 0) is 0 Å². The molecule has 0 unspecified atom stereocenters. The Hall–Kier alpha value is -1.13. The fourth-order valence-electron chi connectivity index (χ4n) is 1.49. The van der Waals surface area contributed by atoms with E-state index in [4.69, 9.17) is 5.11 Å². The second-order valence-electron chi connectivity index (χ2n) is 3.16. The highest BCUT2D eigenvalue weighted by Crippen LogP contribution is 2.21. The molecule has 0 radical (unpaired) electrons. The summed E-state index contributed by atoms with van der Waals surface area (Å²) in [5.74, 6) is 0. The van der Waals surface area contributed by atoms with E-state index in [1.807, 2.05) is 13.0 Å². The van der Waals surface area contributed by atoms with Crippen molar-refractivity contribution in [1.82, 2.24) is 9.38 Å². The van der Waals surface area contributed by atoms with Crippen LogP contribution in [0.3, 0.4) is 0 Å². The van der Waals surface area contributed by atoms with Gasteiger partial charge < -0.3 is 5.11 Å². The lowest BCUT2D eigenvalue weighted by molar-refractivity contribution is 0.343. The summed E-state index contributed by atoms with van der Waals surface area (Å²) < 4.78 is 2.10. The minimum atomic E-state index is 0.0653. The van der Waals surface area contributed by atoms with E-state index >= 15 is 0 Å². The second-order valence-corrected chi connectivity index (χ2v) is 4.00. The Labute approximate surface area is 86.3 Å². The van der Waals surface area contributed by atoms with Crippen LogP contribution in [0.25, 0.3) is 11.0 Å². The molecule has 2 aromatic heterocycles. The Morgan fingerprint density at radius 1 is 1.57 bits per heavy atom. The number of fused-ring (bicyclic) bond motifs is 1. The summed E-state index contributed by atoms with van der Waals surface area (Å²) in [7, 11) is 0. The second kappa shape index (κ2) is 3.55. The van der Waals surface area contributed by atoms with E-state index in [-0.39, 0.29) is 6.61 Å². The molecule has 14 heavy (non-hydrogen) atoms. The third-order valence-corrected chi connectivity index (χ3v) is 3.08. The Morgan fingerprint density at radius 2 is 2.36 bits per heavy atom. The highest BCUT2D eigenvalue weighted by atomic mass is 32.1. The van der Waals surface area contributed by atoms with Crippen LogP contribution in [0.5, 0.6) is 0 Å². The minimum absolute atomic E-state index is 0.0653. The van der Waals surface area contributed by atoms with Crippen molar-refractivity contribution in [1.29, 1.82) is 0 Å². The molecule has 2 heterocycles.